The average molecular weight is 391 g/mol. The van der Waals surface area contributed by atoms with E-state index in [0.717, 1.165) is 25.9 Å². The molecule has 132 valence electrons. The Kier molecular flexibility index (Phi) is 7.21. The van der Waals surface area contributed by atoms with Crippen LogP contribution in [0.15, 0.2) is 34.1 Å². The summed E-state index contributed by atoms with van der Waals surface area (Å²) in [7, 11) is -2.17. The lowest BCUT2D eigenvalue weighted by molar-refractivity contribution is -0.0328. The predicted octanol–water partition coefficient (Wildman–Crippen LogP) is 3.09. The molecule has 1 heterocycles. The van der Waals surface area contributed by atoms with Gasteiger partial charge in [-0.15, -0.1) is 12.4 Å². The van der Waals surface area contributed by atoms with E-state index in [2.05, 4.69) is 5.32 Å². The average Bonchev–Trinajstić information content (AvgIpc) is 2.46. The number of hydrogen-bond donors (Lipinski definition) is 1. The van der Waals surface area contributed by atoms with E-state index in [4.69, 9.17) is 0 Å². The lowest BCUT2D eigenvalue weighted by Gasteiger charge is -2.30. The van der Waals surface area contributed by atoms with Crippen LogP contribution in [0.3, 0.4) is 0 Å². The minimum Gasteiger partial charge on any atom is -0.317 e. The molecular formula is C13H18ClF3N2O2S2. The Hall–Kier alpha value is -0.480. The molecule has 1 saturated heterocycles. The van der Waals surface area contributed by atoms with Gasteiger partial charge in [0.25, 0.3) is 0 Å². The molecule has 0 unspecified atom stereocenters. The highest BCUT2D eigenvalue weighted by molar-refractivity contribution is 8.00. The van der Waals surface area contributed by atoms with Gasteiger partial charge in [-0.05, 0) is 62.0 Å². The zero-order valence-corrected chi connectivity index (χ0v) is 14.8. The van der Waals surface area contributed by atoms with Crippen molar-refractivity contribution in [3.05, 3.63) is 24.3 Å². The third-order valence-electron chi connectivity index (χ3n) is 3.56. The standard InChI is InChI=1S/C13H17F3N2O2S2.ClH/c1-18(10-6-8-17-9-7-10)22(19,20)12-4-2-11(3-5-12)21-13(14,15)16;/h2-5,10,17H,6-9H2,1H3;1H. The predicted molar refractivity (Wildman–Crippen MR) is 86.4 cm³/mol. The van der Waals surface area contributed by atoms with Crippen molar-refractivity contribution in [1.29, 1.82) is 0 Å². The molecule has 10 heteroatoms. The number of sulfonamides is 1. The van der Waals surface area contributed by atoms with Crippen LogP contribution in [-0.2, 0) is 10.0 Å². The first kappa shape index (κ1) is 20.6. The van der Waals surface area contributed by atoms with Crippen LogP contribution in [-0.4, -0.2) is 44.4 Å². The van der Waals surface area contributed by atoms with Crippen LogP contribution in [0.1, 0.15) is 12.8 Å². The van der Waals surface area contributed by atoms with E-state index in [0.29, 0.717) is 0 Å². The molecule has 1 fully saturated rings. The number of nitrogens with zero attached hydrogens (tertiary/aromatic N) is 1. The van der Waals surface area contributed by atoms with Crippen molar-refractivity contribution >= 4 is 34.2 Å². The SMILES string of the molecule is CN(C1CCNCC1)S(=O)(=O)c1ccc(SC(F)(F)F)cc1.Cl. The van der Waals surface area contributed by atoms with E-state index in [-0.39, 0.29) is 40.0 Å². The van der Waals surface area contributed by atoms with E-state index in [1.807, 2.05) is 0 Å². The van der Waals surface area contributed by atoms with Gasteiger partial charge >= 0.3 is 5.51 Å². The molecule has 1 N–H and O–H groups in total. The number of piperidine rings is 1. The highest BCUT2D eigenvalue weighted by atomic mass is 35.5. The Labute approximate surface area is 144 Å². The Morgan fingerprint density at radius 3 is 2.17 bits per heavy atom. The lowest BCUT2D eigenvalue weighted by atomic mass is 10.1. The van der Waals surface area contributed by atoms with Gasteiger partial charge in [0.15, 0.2) is 0 Å². The summed E-state index contributed by atoms with van der Waals surface area (Å²) in [4.78, 5) is -0.0176. The van der Waals surface area contributed by atoms with E-state index in [1.165, 1.54) is 35.6 Å². The van der Waals surface area contributed by atoms with Crippen molar-refractivity contribution in [1.82, 2.24) is 9.62 Å². The van der Waals surface area contributed by atoms with Crippen molar-refractivity contribution in [2.75, 3.05) is 20.1 Å². The Morgan fingerprint density at radius 2 is 1.70 bits per heavy atom. The Bertz CT molecular complexity index is 603. The number of halogens is 4. The molecule has 0 radical (unpaired) electrons. The van der Waals surface area contributed by atoms with Gasteiger partial charge in [-0.1, -0.05) is 0 Å². The van der Waals surface area contributed by atoms with E-state index >= 15 is 0 Å². The zero-order valence-electron chi connectivity index (χ0n) is 12.3. The van der Waals surface area contributed by atoms with Crippen LogP contribution in [0.4, 0.5) is 13.2 Å². The number of nitrogens with one attached hydrogen (secondary N) is 1. The van der Waals surface area contributed by atoms with E-state index < -0.39 is 15.5 Å². The second kappa shape index (κ2) is 8.06. The van der Waals surface area contributed by atoms with Crippen molar-refractivity contribution in [3.8, 4) is 0 Å². The Morgan fingerprint density at radius 1 is 1.17 bits per heavy atom. The summed E-state index contributed by atoms with van der Waals surface area (Å²) in [6.07, 6.45) is 1.44. The first-order valence-corrected chi connectivity index (χ1v) is 9.00. The van der Waals surface area contributed by atoms with Gasteiger partial charge in [0, 0.05) is 18.0 Å². The van der Waals surface area contributed by atoms with Gasteiger partial charge < -0.3 is 5.32 Å². The quantitative estimate of drug-likeness (QED) is 0.803. The van der Waals surface area contributed by atoms with Crippen molar-refractivity contribution < 1.29 is 21.6 Å². The molecule has 1 aliphatic rings. The summed E-state index contributed by atoms with van der Waals surface area (Å²) in [5, 5.41) is 3.16. The summed E-state index contributed by atoms with van der Waals surface area (Å²) >= 11 is -0.260. The van der Waals surface area contributed by atoms with Gasteiger partial charge in [-0.25, -0.2) is 8.42 Å². The molecule has 1 aromatic carbocycles. The maximum atomic E-state index is 12.5. The van der Waals surface area contributed by atoms with Gasteiger partial charge in [0.05, 0.1) is 4.90 Å². The fourth-order valence-corrected chi connectivity index (χ4v) is 4.30. The fourth-order valence-electron chi connectivity index (χ4n) is 2.35. The van der Waals surface area contributed by atoms with Gasteiger partial charge in [0.2, 0.25) is 10.0 Å². The van der Waals surface area contributed by atoms with Crippen LogP contribution in [0, 0.1) is 0 Å². The molecule has 1 aliphatic heterocycles. The maximum absolute atomic E-state index is 12.5. The summed E-state index contributed by atoms with van der Waals surface area (Å²) in [5.74, 6) is 0. The molecule has 23 heavy (non-hydrogen) atoms. The normalized spacial score (nSPS) is 17.1. The third kappa shape index (κ3) is 5.53. The highest BCUT2D eigenvalue weighted by Crippen LogP contribution is 2.37. The number of alkyl halides is 3. The van der Waals surface area contributed by atoms with Crippen LogP contribution < -0.4 is 5.32 Å². The molecule has 1 aromatic rings. The smallest absolute Gasteiger partial charge is 0.317 e. The molecule has 0 atom stereocenters. The molecule has 2 rings (SSSR count). The summed E-state index contributed by atoms with van der Waals surface area (Å²) in [5.41, 5.74) is -4.38. The van der Waals surface area contributed by atoms with Gasteiger partial charge in [0.1, 0.15) is 0 Å². The number of benzene rings is 1. The lowest BCUT2D eigenvalue weighted by Crippen LogP contribution is -2.43. The van der Waals surface area contributed by atoms with Crippen LogP contribution >= 0.6 is 24.2 Å². The molecular weight excluding hydrogens is 373 g/mol. The van der Waals surface area contributed by atoms with Gasteiger partial charge in [-0.2, -0.15) is 17.5 Å². The molecule has 0 bridgehead atoms. The third-order valence-corrected chi connectivity index (χ3v) is 6.22. The molecule has 0 aromatic heterocycles. The van der Waals surface area contributed by atoms with Crippen molar-refractivity contribution in [2.45, 2.75) is 34.2 Å². The Balaban J connectivity index is 0.00000264. The molecule has 0 spiro atoms. The first-order valence-electron chi connectivity index (χ1n) is 6.75. The first-order chi connectivity index (χ1) is 10.2. The molecule has 0 saturated carbocycles. The minimum atomic E-state index is -4.38. The zero-order chi connectivity index (χ0) is 16.4. The van der Waals surface area contributed by atoms with E-state index in [9.17, 15) is 21.6 Å². The largest absolute Gasteiger partial charge is 0.446 e. The van der Waals surface area contributed by atoms with Crippen molar-refractivity contribution in [3.63, 3.8) is 0 Å². The highest BCUT2D eigenvalue weighted by Gasteiger charge is 2.31. The second-order valence-electron chi connectivity index (χ2n) is 5.02. The summed E-state index contributed by atoms with van der Waals surface area (Å²) < 4.78 is 63.2. The number of rotatable bonds is 4. The molecule has 0 amide bonds. The monoisotopic (exact) mass is 390 g/mol. The second-order valence-corrected chi connectivity index (χ2v) is 8.16. The van der Waals surface area contributed by atoms with Crippen molar-refractivity contribution in [2.24, 2.45) is 0 Å². The fraction of sp³-hybridized carbons (Fsp3) is 0.538. The molecule has 0 aliphatic carbocycles. The maximum Gasteiger partial charge on any atom is 0.446 e. The van der Waals surface area contributed by atoms with Crippen LogP contribution in [0.2, 0.25) is 0 Å². The van der Waals surface area contributed by atoms with Crippen LogP contribution in [0.5, 0.6) is 0 Å². The van der Waals surface area contributed by atoms with Crippen LogP contribution in [0.25, 0.3) is 0 Å². The number of thioether (sulfide) groups is 1. The molecule has 4 nitrogen and oxygen atoms in total. The topological polar surface area (TPSA) is 49.4 Å². The van der Waals surface area contributed by atoms with E-state index in [1.54, 1.807) is 0 Å². The minimum absolute atomic E-state index is 0. The summed E-state index contributed by atoms with van der Waals surface area (Å²) in [6, 6.07) is 4.72. The number of hydrogen-bond acceptors (Lipinski definition) is 4. The summed E-state index contributed by atoms with van der Waals surface area (Å²) in [6.45, 7) is 1.51. The van der Waals surface area contributed by atoms with Gasteiger partial charge in [-0.3, -0.25) is 0 Å².